The van der Waals surface area contributed by atoms with Crippen molar-refractivity contribution >= 4 is 17.6 Å². The number of benzene rings is 1. The summed E-state index contributed by atoms with van der Waals surface area (Å²) in [6.45, 7) is 2.85. The molecule has 102 valence electrons. The van der Waals surface area contributed by atoms with E-state index < -0.39 is 11.5 Å². The number of hydrogen-bond acceptors (Lipinski definition) is 3. The Morgan fingerprint density at radius 2 is 2.05 bits per heavy atom. The Kier molecular flexibility index (Phi) is 3.85. The SMILES string of the molecule is CCC1(C(=O)Nc2ccc(C(=O)O)cc2)CCCN1. The molecule has 19 heavy (non-hydrogen) atoms. The van der Waals surface area contributed by atoms with Crippen LogP contribution in [0.3, 0.4) is 0 Å². The maximum Gasteiger partial charge on any atom is 0.335 e. The van der Waals surface area contributed by atoms with Crippen LogP contribution in [-0.4, -0.2) is 29.1 Å². The summed E-state index contributed by atoms with van der Waals surface area (Å²) in [4.78, 5) is 23.0. The van der Waals surface area contributed by atoms with Gasteiger partial charge in [-0.15, -0.1) is 0 Å². The fraction of sp³-hybridized carbons (Fsp3) is 0.429. The Morgan fingerprint density at radius 3 is 2.53 bits per heavy atom. The summed E-state index contributed by atoms with van der Waals surface area (Å²) in [6.07, 6.45) is 2.58. The summed E-state index contributed by atoms with van der Waals surface area (Å²) in [6, 6.07) is 6.19. The third-order valence-electron chi connectivity index (χ3n) is 3.67. The van der Waals surface area contributed by atoms with Gasteiger partial charge in [-0.25, -0.2) is 4.79 Å². The van der Waals surface area contributed by atoms with Crippen LogP contribution in [0.25, 0.3) is 0 Å². The third kappa shape index (κ3) is 2.76. The Labute approximate surface area is 112 Å². The number of aromatic carboxylic acids is 1. The normalized spacial score (nSPS) is 22.2. The molecule has 1 heterocycles. The number of carbonyl (C=O) groups is 2. The van der Waals surface area contributed by atoms with E-state index in [1.807, 2.05) is 6.92 Å². The van der Waals surface area contributed by atoms with Crippen molar-refractivity contribution in [3.05, 3.63) is 29.8 Å². The predicted molar refractivity (Wildman–Crippen MR) is 72.3 cm³/mol. The van der Waals surface area contributed by atoms with Crippen molar-refractivity contribution < 1.29 is 14.7 Å². The van der Waals surface area contributed by atoms with E-state index in [-0.39, 0.29) is 11.5 Å². The number of carboxylic acids is 1. The first-order valence-corrected chi connectivity index (χ1v) is 6.47. The fourth-order valence-corrected chi connectivity index (χ4v) is 2.41. The molecule has 5 heteroatoms. The molecule has 1 fully saturated rings. The molecule has 3 N–H and O–H groups in total. The molecule has 1 saturated heterocycles. The third-order valence-corrected chi connectivity index (χ3v) is 3.67. The first kappa shape index (κ1) is 13.5. The van der Waals surface area contributed by atoms with Gasteiger partial charge in [0, 0.05) is 5.69 Å². The molecule has 0 radical (unpaired) electrons. The highest BCUT2D eigenvalue weighted by Crippen LogP contribution is 2.24. The number of carboxylic acid groups (broad SMARTS) is 1. The molecule has 1 atom stereocenters. The Hall–Kier alpha value is -1.88. The second-order valence-electron chi connectivity index (χ2n) is 4.80. The highest BCUT2D eigenvalue weighted by atomic mass is 16.4. The van der Waals surface area contributed by atoms with E-state index in [4.69, 9.17) is 5.11 Å². The molecule has 0 spiro atoms. The molecule has 2 rings (SSSR count). The summed E-state index contributed by atoms with van der Waals surface area (Å²) in [5.74, 6) is -1.02. The molecular formula is C14H18N2O3. The van der Waals surface area contributed by atoms with Gasteiger partial charge in [0.2, 0.25) is 5.91 Å². The minimum atomic E-state index is -0.972. The fourth-order valence-electron chi connectivity index (χ4n) is 2.41. The van der Waals surface area contributed by atoms with E-state index in [1.54, 1.807) is 12.1 Å². The average molecular weight is 262 g/mol. The van der Waals surface area contributed by atoms with Crippen molar-refractivity contribution in [1.82, 2.24) is 5.32 Å². The Bertz CT molecular complexity index is 476. The molecule has 0 aromatic heterocycles. The second kappa shape index (κ2) is 5.40. The first-order chi connectivity index (χ1) is 9.07. The average Bonchev–Trinajstić information content (AvgIpc) is 2.89. The monoisotopic (exact) mass is 262 g/mol. The predicted octanol–water partition coefficient (Wildman–Crippen LogP) is 1.86. The maximum atomic E-state index is 12.3. The summed E-state index contributed by atoms with van der Waals surface area (Å²) in [5.41, 5.74) is 0.351. The van der Waals surface area contributed by atoms with Crippen LogP contribution in [0.5, 0.6) is 0 Å². The van der Waals surface area contributed by atoms with E-state index >= 15 is 0 Å². The van der Waals surface area contributed by atoms with Gasteiger partial charge >= 0.3 is 5.97 Å². The van der Waals surface area contributed by atoms with Gasteiger partial charge in [-0.3, -0.25) is 4.79 Å². The van der Waals surface area contributed by atoms with Crippen molar-refractivity contribution in [3.8, 4) is 0 Å². The van der Waals surface area contributed by atoms with Crippen LogP contribution in [0.4, 0.5) is 5.69 Å². The number of amides is 1. The lowest BCUT2D eigenvalue weighted by Gasteiger charge is -2.26. The number of hydrogen-bond donors (Lipinski definition) is 3. The summed E-state index contributed by atoms with van der Waals surface area (Å²) in [7, 11) is 0. The zero-order chi connectivity index (χ0) is 13.9. The van der Waals surface area contributed by atoms with Crippen molar-refractivity contribution in [2.45, 2.75) is 31.7 Å². The molecule has 5 nitrogen and oxygen atoms in total. The number of carbonyl (C=O) groups excluding carboxylic acids is 1. The highest BCUT2D eigenvalue weighted by Gasteiger charge is 2.38. The summed E-state index contributed by atoms with van der Waals surface area (Å²) < 4.78 is 0. The van der Waals surface area contributed by atoms with Gasteiger partial charge in [0.1, 0.15) is 0 Å². The van der Waals surface area contributed by atoms with E-state index in [0.717, 1.165) is 25.8 Å². The van der Waals surface area contributed by atoms with Gasteiger partial charge in [0.15, 0.2) is 0 Å². The van der Waals surface area contributed by atoms with Crippen LogP contribution >= 0.6 is 0 Å². The molecule has 1 amide bonds. The van der Waals surface area contributed by atoms with Crippen LogP contribution in [-0.2, 0) is 4.79 Å². The van der Waals surface area contributed by atoms with Gasteiger partial charge in [-0.05, 0) is 50.1 Å². The second-order valence-corrected chi connectivity index (χ2v) is 4.80. The van der Waals surface area contributed by atoms with Gasteiger partial charge in [0.05, 0.1) is 11.1 Å². The lowest BCUT2D eigenvalue weighted by molar-refractivity contribution is -0.122. The van der Waals surface area contributed by atoms with Crippen molar-refractivity contribution in [2.24, 2.45) is 0 Å². The molecular weight excluding hydrogens is 244 g/mol. The number of nitrogens with one attached hydrogen (secondary N) is 2. The molecule has 0 saturated carbocycles. The van der Waals surface area contributed by atoms with E-state index in [2.05, 4.69) is 10.6 Å². The number of rotatable bonds is 4. The first-order valence-electron chi connectivity index (χ1n) is 6.47. The molecule has 1 unspecified atom stereocenters. The summed E-state index contributed by atoms with van der Waals surface area (Å²) >= 11 is 0. The maximum absolute atomic E-state index is 12.3. The summed E-state index contributed by atoms with van der Waals surface area (Å²) in [5, 5.41) is 14.9. The lowest BCUT2D eigenvalue weighted by Crippen LogP contribution is -2.50. The standard InChI is InChI=1S/C14H18N2O3/c1-2-14(8-3-9-15-14)13(19)16-11-6-4-10(5-7-11)12(17)18/h4-7,15H,2-3,8-9H2,1H3,(H,16,19)(H,17,18). The quantitative estimate of drug-likeness (QED) is 0.774. The smallest absolute Gasteiger partial charge is 0.335 e. The molecule has 1 aliphatic rings. The highest BCUT2D eigenvalue weighted by molar-refractivity contribution is 5.98. The van der Waals surface area contributed by atoms with Crippen molar-refractivity contribution in [1.29, 1.82) is 0 Å². The lowest BCUT2D eigenvalue weighted by atomic mass is 9.93. The van der Waals surface area contributed by atoms with Crippen LogP contribution in [0.1, 0.15) is 36.5 Å². The molecule has 1 aliphatic heterocycles. The van der Waals surface area contributed by atoms with Gasteiger partial charge in [-0.1, -0.05) is 6.92 Å². The topological polar surface area (TPSA) is 78.4 Å². The zero-order valence-electron chi connectivity index (χ0n) is 10.9. The van der Waals surface area contributed by atoms with Crippen molar-refractivity contribution in [3.63, 3.8) is 0 Å². The largest absolute Gasteiger partial charge is 0.478 e. The van der Waals surface area contributed by atoms with E-state index in [0.29, 0.717) is 5.69 Å². The number of anilines is 1. The minimum absolute atomic E-state index is 0.0458. The molecule has 0 aliphatic carbocycles. The van der Waals surface area contributed by atoms with Crippen LogP contribution in [0.15, 0.2) is 24.3 Å². The molecule has 1 aromatic rings. The van der Waals surface area contributed by atoms with Crippen LogP contribution in [0, 0.1) is 0 Å². The molecule has 0 bridgehead atoms. The van der Waals surface area contributed by atoms with Crippen LogP contribution in [0.2, 0.25) is 0 Å². The Balaban J connectivity index is 2.08. The Morgan fingerprint density at radius 1 is 1.37 bits per heavy atom. The van der Waals surface area contributed by atoms with E-state index in [1.165, 1.54) is 12.1 Å². The minimum Gasteiger partial charge on any atom is -0.478 e. The molecule has 1 aromatic carbocycles. The van der Waals surface area contributed by atoms with Gasteiger partial charge < -0.3 is 15.7 Å². The zero-order valence-corrected chi connectivity index (χ0v) is 10.9. The van der Waals surface area contributed by atoms with Crippen LogP contribution < -0.4 is 10.6 Å². The van der Waals surface area contributed by atoms with Gasteiger partial charge in [-0.2, -0.15) is 0 Å². The van der Waals surface area contributed by atoms with E-state index in [9.17, 15) is 9.59 Å². The van der Waals surface area contributed by atoms with Gasteiger partial charge in [0.25, 0.3) is 0 Å². The van der Waals surface area contributed by atoms with Crippen molar-refractivity contribution in [2.75, 3.05) is 11.9 Å².